The van der Waals surface area contributed by atoms with Gasteiger partial charge in [0.1, 0.15) is 32.0 Å². The van der Waals surface area contributed by atoms with Crippen molar-refractivity contribution >= 4 is 45.3 Å². The van der Waals surface area contributed by atoms with Crippen LogP contribution in [0.25, 0.3) is 33.8 Å². The summed E-state index contributed by atoms with van der Waals surface area (Å²) < 4.78 is 105. The number of nitrogens with one attached hydrogen (secondary N) is 2. The Labute approximate surface area is 401 Å². The monoisotopic (exact) mass is 1010 g/mol. The molecule has 18 nitrogen and oxygen atoms in total. The van der Waals surface area contributed by atoms with Crippen molar-refractivity contribution in [3.8, 4) is 39.9 Å². The Balaban J connectivity index is 1.03. The number of hydrogen-bond acceptors (Lipinski definition) is 15. The van der Waals surface area contributed by atoms with Gasteiger partial charge < -0.3 is 34.8 Å². The highest BCUT2D eigenvalue weighted by molar-refractivity contribution is 7.15. The number of hydrogen-bond donors (Lipinski definition) is 5. The molecule has 8 aromatic rings. The molecule has 0 aliphatic rings. The second-order valence-electron chi connectivity index (χ2n) is 15.9. The molecule has 0 radical (unpaired) electrons. The summed E-state index contributed by atoms with van der Waals surface area (Å²) in [5, 5.41) is 44.8. The van der Waals surface area contributed by atoms with Gasteiger partial charge in [-0.2, -0.15) is 36.5 Å². The van der Waals surface area contributed by atoms with E-state index in [-0.39, 0.29) is 84.8 Å². The van der Waals surface area contributed by atoms with Gasteiger partial charge in [0.05, 0.1) is 40.5 Å². The number of alkyl halides is 6. The number of nitrogens with zero attached hydrogens (tertiary/aromatic N) is 8. The van der Waals surface area contributed by atoms with E-state index in [1.807, 2.05) is 0 Å². The highest BCUT2D eigenvalue weighted by Gasteiger charge is 2.36. The topological polar surface area (TPSA) is 233 Å². The van der Waals surface area contributed by atoms with E-state index in [0.29, 0.717) is 5.69 Å². The van der Waals surface area contributed by atoms with Crippen LogP contribution in [-0.2, 0) is 12.4 Å². The highest BCUT2D eigenvalue weighted by Crippen LogP contribution is 2.40. The smallest absolute Gasteiger partial charge is 0.417 e. The number of aromatic nitrogens is 8. The average molecular weight is 1010 g/mol. The Morgan fingerprint density at radius 2 is 1.17 bits per heavy atom. The van der Waals surface area contributed by atoms with Crippen LogP contribution in [0.3, 0.4) is 0 Å². The van der Waals surface area contributed by atoms with E-state index in [9.17, 15) is 51.3 Å². The predicted octanol–water partition coefficient (Wildman–Crippen LogP) is 7.28. The van der Waals surface area contributed by atoms with E-state index in [2.05, 4.69) is 40.8 Å². The molecular formula is C46H40F6N10O8S. The molecule has 0 aliphatic carbocycles. The van der Waals surface area contributed by atoms with Crippen LogP contribution in [0, 0.1) is 27.7 Å². The minimum atomic E-state index is -4.78. The van der Waals surface area contributed by atoms with Crippen LogP contribution >= 0.6 is 11.3 Å². The lowest BCUT2D eigenvalue weighted by molar-refractivity contribution is -0.137. The van der Waals surface area contributed by atoms with Gasteiger partial charge in [-0.25, -0.2) is 29.0 Å². The maximum absolute atomic E-state index is 14.2. The lowest BCUT2D eigenvalue weighted by Gasteiger charge is -2.16. The van der Waals surface area contributed by atoms with Crippen LogP contribution in [0.5, 0.6) is 17.4 Å². The number of ether oxygens (including phenoxy) is 3. The summed E-state index contributed by atoms with van der Waals surface area (Å²) in [5.41, 5.74) is -2.89. The quantitative estimate of drug-likeness (QED) is 0.0599. The molecular weight excluding hydrogens is 967 g/mol. The molecule has 6 heterocycles. The van der Waals surface area contributed by atoms with Crippen LogP contribution in [0.2, 0.25) is 0 Å². The number of carbonyl (C=O) groups excluding carboxylic acids is 2. The maximum atomic E-state index is 14.2. The van der Waals surface area contributed by atoms with E-state index < -0.39 is 73.9 Å². The molecule has 0 unspecified atom stereocenters. The lowest BCUT2D eigenvalue weighted by Crippen LogP contribution is -2.25. The molecule has 2 aromatic carbocycles. The van der Waals surface area contributed by atoms with Gasteiger partial charge in [0, 0.05) is 51.8 Å². The largest absolute Gasteiger partial charge is 0.487 e. The number of rotatable bonds is 16. The summed E-state index contributed by atoms with van der Waals surface area (Å²) in [6.45, 7) is 4.21. The molecule has 0 fully saturated rings. The Hall–Kier alpha value is -7.74. The van der Waals surface area contributed by atoms with Gasteiger partial charge in [0.2, 0.25) is 5.88 Å². The Morgan fingerprint density at radius 1 is 0.676 bits per heavy atom. The normalized spacial score (nSPS) is 12.8. The van der Waals surface area contributed by atoms with Crippen molar-refractivity contribution in [1.29, 1.82) is 0 Å². The number of halogens is 6. The van der Waals surface area contributed by atoms with E-state index in [0.717, 1.165) is 26.0 Å². The molecule has 0 spiro atoms. The molecule has 0 saturated carbocycles. The van der Waals surface area contributed by atoms with Crippen molar-refractivity contribution in [2.75, 3.05) is 37.1 Å². The predicted molar refractivity (Wildman–Crippen MR) is 244 cm³/mol. The second kappa shape index (κ2) is 19.9. The fraction of sp³-hybridized carbons (Fsp3) is 0.261. The summed E-state index contributed by atoms with van der Waals surface area (Å²) in [6, 6.07) is 14.6. The third kappa shape index (κ3) is 10.9. The molecule has 2 atom stereocenters. The van der Waals surface area contributed by atoms with Crippen molar-refractivity contribution in [2.45, 2.75) is 52.3 Å². The maximum Gasteiger partial charge on any atom is 0.417 e. The van der Waals surface area contributed by atoms with Gasteiger partial charge in [-0.3, -0.25) is 14.9 Å². The fourth-order valence-corrected chi connectivity index (χ4v) is 7.96. The van der Waals surface area contributed by atoms with Crippen molar-refractivity contribution in [2.24, 2.45) is 0 Å². The van der Waals surface area contributed by atoms with Crippen LogP contribution in [0.15, 0.2) is 79.0 Å². The number of imidazole rings is 2. The number of pyridine rings is 1. The van der Waals surface area contributed by atoms with Crippen LogP contribution in [-0.4, -0.2) is 105 Å². The first-order valence-corrected chi connectivity index (χ1v) is 22.0. The molecule has 8 rings (SSSR count). The summed E-state index contributed by atoms with van der Waals surface area (Å²) in [5.74, 6) is -1.87. The molecule has 0 aliphatic heterocycles. The van der Waals surface area contributed by atoms with E-state index in [4.69, 9.17) is 14.2 Å². The summed E-state index contributed by atoms with van der Waals surface area (Å²) >= 11 is 1.20. The number of aryl methyl sites for hydroxylation is 4. The fourth-order valence-electron chi connectivity index (χ4n) is 7.30. The molecule has 71 heavy (non-hydrogen) atoms. The molecule has 25 heteroatoms. The van der Waals surface area contributed by atoms with Gasteiger partial charge in [0.15, 0.2) is 39.3 Å². The first kappa shape index (κ1) is 49.7. The summed E-state index contributed by atoms with van der Waals surface area (Å²) in [4.78, 5) is 45.7. The van der Waals surface area contributed by atoms with Crippen LogP contribution < -0.4 is 24.8 Å². The number of fused-ring (bicyclic) bond motifs is 2. The third-order valence-electron chi connectivity index (χ3n) is 10.4. The van der Waals surface area contributed by atoms with Crippen molar-refractivity contribution in [3.63, 3.8) is 0 Å². The minimum Gasteiger partial charge on any atom is -0.487 e. The first-order valence-electron chi connectivity index (χ1n) is 21.2. The standard InChI is InChI=1S/C46H40F6N10O8S/c1-22-13-26(57-42(66)38-24(3)55-40-35(68-19-27(64)18-63)15-33(59-61(38)40)29-9-5-7-11-31(29)45(47,48)49)14-37(54-22)70-21-28(65)20-69-36-16-34(30-10-6-8-12-32(30)46(50,51)52)60-62-39(25(4)56-41(36)62)43(67)58-44-53-17-23(2)71-44/h5-17,27-28,63-65H,18-21H2,1-4H3,(H,53,58,67)(H,54,57,66)/t27-,28+/m1/s1. The number of aliphatic hydroxyl groups is 3. The number of amides is 2. The second-order valence-corrected chi connectivity index (χ2v) is 17.1. The molecule has 6 aromatic heterocycles. The Bertz CT molecular complexity index is 3300. The van der Waals surface area contributed by atoms with Crippen LogP contribution in [0.4, 0.5) is 37.2 Å². The van der Waals surface area contributed by atoms with E-state index in [1.54, 1.807) is 20.0 Å². The number of benzene rings is 2. The van der Waals surface area contributed by atoms with Crippen LogP contribution in [0.1, 0.15) is 54.1 Å². The van der Waals surface area contributed by atoms with Gasteiger partial charge in [-0.15, -0.1) is 11.3 Å². The van der Waals surface area contributed by atoms with Gasteiger partial charge >= 0.3 is 12.4 Å². The zero-order chi connectivity index (χ0) is 50.9. The number of aliphatic hydroxyl groups excluding tert-OH is 3. The highest BCUT2D eigenvalue weighted by atomic mass is 32.1. The van der Waals surface area contributed by atoms with Crippen molar-refractivity contribution < 1.29 is 65.5 Å². The third-order valence-corrected chi connectivity index (χ3v) is 11.3. The number of carbonyl (C=O) groups is 2. The first-order chi connectivity index (χ1) is 33.7. The SMILES string of the molecule is Cc1cc(NC(=O)c2c(C)nc3c(OC[C@H](O)CO)cc(-c4ccccc4C(F)(F)F)nn23)cc(OC[C@@H](O)COc2cc(-c3ccccc3C(F)(F)F)nn3c(C(=O)Nc4ncc(C)s4)c(C)nc23)n1. The molecule has 0 saturated heterocycles. The van der Waals surface area contributed by atoms with Gasteiger partial charge in [-0.1, -0.05) is 36.4 Å². The molecule has 5 N–H and O–H groups in total. The van der Waals surface area contributed by atoms with E-state index >= 15 is 0 Å². The number of anilines is 2. The zero-order valence-corrected chi connectivity index (χ0v) is 38.4. The molecule has 370 valence electrons. The molecule has 0 bridgehead atoms. The Morgan fingerprint density at radius 3 is 1.66 bits per heavy atom. The summed E-state index contributed by atoms with van der Waals surface area (Å²) in [6.07, 6.45) is -10.8. The minimum absolute atomic E-state index is 0.0481. The van der Waals surface area contributed by atoms with Crippen molar-refractivity contribution in [1.82, 2.24) is 39.2 Å². The Kier molecular flexibility index (Phi) is 13.9. The summed E-state index contributed by atoms with van der Waals surface area (Å²) in [7, 11) is 0. The van der Waals surface area contributed by atoms with E-state index in [1.165, 1.54) is 85.8 Å². The van der Waals surface area contributed by atoms with Gasteiger partial charge in [0.25, 0.3) is 11.8 Å². The number of thiazole rings is 1. The lowest BCUT2D eigenvalue weighted by atomic mass is 10.0. The van der Waals surface area contributed by atoms with Crippen molar-refractivity contribution in [3.05, 3.63) is 123 Å². The molecule has 2 amide bonds. The van der Waals surface area contributed by atoms with Gasteiger partial charge in [-0.05, 0) is 45.9 Å². The average Bonchev–Trinajstić information content (AvgIpc) is 4.00. The zero-order valence-electron chi connectivity index (χ0n) is 37.6.